The average molecular weight is 628 g/mol. The van der Waals surface area contributed by atoms with Crippen molar-refractivity contribution in [1.82, 2.24) is 30.8 Å². The van der Waals surface area contributed by atoms with E-state index in [0.29, 0.717) is 30.5 Å². The molecule has 6 atom stereocenters. The molecule has 1 fully saturated rings. The number of phenols is 1. The molecule has 0 unspecified atom stereocenters. The minimum atomic E-state index is -1.13. The predicted molar refractivity (Wildman–Crippen MR) is 165 cm³/mol. The van der Waals surface area contributed by atoms with Crippen LogP contribution >= 0.6 is 0 Å². The van der Waals surface area contributed by atoms with Crippen molar-refractivity contribution >= 4 is 29.6 Å². The molecule has 2 heterocycles. The van der Waals surface area contributed by atoms with Crippen molar-refractivity contribution in [2.45, 2.75) is 90.0 Å². The number of likely N-dealkylation sites (tertiary alicyclic amines) is 1. The van der Waals surface area contributed by atoms with Crippen LogP contribution in [-0.4, -0.2) is 91.4 Å². The molecule has 0 radical (unpaired) electrons. The van der Waals surface area contributed by atoms with E-state index in [1.165, 1.54) is 29.6 Å². The van der Waals surface area contributed by atoms with Crippen molar-refractivity contribution in [2.75, 3.05) is 6.54 Å². The van der Waals surface area contributed by atoms with Crippen LogP contribution in [0.25, 0.3) is 0 Å². The average Bonchev–Trinajstić information content (AvgIpc) is 3.71. The molecule has 1 aromatic carbocycles. The number of carbonyl (C=O) groups excluding carboxylic acids is 4. The number of phenolic OH excluding ortho intramolecular Hbond substituents is 1. The molecule has 0 spiro atoms. The highest BCUT2D eigenvalue weighted by Crippen LogP contribution is 2.20. The lowest BCUT2D eigenvalue weighted by Crippen LogP contribution is -2.60. The van der Waals surface area contributed by atoms with E-state index in [1.54, 1.807) is 32.9 Å². The monoisotopic (exact) mass is 627 g/mol. The lowest BCUT2D eigenvalue weighted by atomic mass is 9.96. The zero-order chi connectivity index (χ0) is 33.3. The van der Waals surface area contributed by atoms with Crippen LogP contribution in [0.3, 0.4) is 0 Å². The summed E-state index contributed by atoms with van der Waals surface area (Å²) in [6, 6.07) is 0.989. The summed E-state index contributed by atoms with van der Waals surface area (Å²) in [6.45, 7) is 7.44. The Morgan fingerprint density at radius 2 is 1.67 bits per heavy atom. The smallest absolute Gasteiger partial charge is 0.326 e. The van der Waals surface area contributed by atoms with Gasteiger partial charge in [-0.25, -0.2) is 9.78 Å². The molecule has 45 heavy (non-hydrogen) atoms. The van der Waals surface area contributed by atoms with Gasteiger partial charge in [0.25, 0.3) is 0 Å². The molecular formula is C31H45N7O7. The molecule has 14 heteroatoms. The summed E-state index contributed by atoms with van der Waals surface area (Å²) in [6.07, 6.45) is 4.37. The van der Waals surface area contributed by atoms with E-state index in [-0.39, 0.29) is 37.0 Å². The molecule has 8 N–H and O–H groups in total. The first kappa shape index (κ1) is 35.0. The maximum Gasteiger partial charge on any atom is 0.326 e. The Hall–Kier alpha value is -4.46. The molecule has 2 aromatic rings. The quantitative estimate of drug-likeness (QED) is 0.146. The lowest BCUT2D eigenvalue weighted by Gasteiger charge is -2.31. The van der Waals surface area contributed by atoms with E-state index in [0.717, 1.165) is 0 Å². The molecule has 1 aromatic heterocycles. The second-order valence-corrected chi connectivity index (χ2v) is 11.9. The number of aromatic amines is 1. The molecule has 14 nitrogen and oxygen atoms in total. The Morgan fingerprint density at radius 3 is 2.24 bits per heavy atom. The minimum Gasteiger partial charge on any atom is -0.508 e. The SMILES string of the molecule is CC[C@H](C)[C@H](NC(=O)[C@H](Cc1ccc(O)cc1)NC(=O)[C@@H](N)C(C)C)C(=O)N[C@@H](Cc1cnc[nH]1)C(=O)N1CCC[C@H]1C(=O)O. The number of hydrogen-bond donors (Lipinski definition) is 7. The van der Waals surface area contributed by atoms with E-state index in [2.05, 4.69) is 25.9 Å². The third-order valence-corrected chi connectivity index (χ3v) is 8.24. The van der Waals surface area contributed by atoms with Gasteiger partial charge in [0.05, 0.1) is 12.4 Å². The van der Waals surface area contributed by atoms with Gasteiger partial charge in [0.1, 0.15) is 29.9 Å². The Balaban J connectivity index is 1.85. The summed E-state index contributed by atoms with van der Waals surface area (Å²) in [5.74, 6) is -3.97. The number of aromatic nitrogens is 2. The van der Waals surface area contributed by atoms with Crippen molar-refractivity contribution in [2.24, 2.45) is 17.6 Å². The molecular weight excluding hydrogens is 582 g/mol. The number of nitrogens with one attached hydrogen (secondary N) is 4. The Labute approximate surface area is 262 Å². The van der Waals surface area contributed by atoms with Gasteiger partial charge in [0, 0.05) is 31.3 Å². The number of hydrogen-bond acceptors (Lipinski definition) is 8. The summed E-state index contributed by atoms with van der Waals surface area (Å²) in [5.41, 5.74) is 7.25. The first-order valence-electron chi connectivity index (χ1n) is 15.3. The lowest BCUT2D eigenvalue weighted by molar-refractivity contribution is -0.149. The van der Waals surface area contributed by atoms with E-state index in [9.17, 15) is 34.2 Å². The minimum absolute atomic E-state index is 0.0290. The van der Waals surface area contributed by atoms with Gasteiger partial charge in [-0.05, 0) is 42.4 Å². The van der Waals surface area contributed by atoms with Gasteiger partial charge < -0.3 is 41.8 Å². The van der Waals surface area contributed by atoms with Crippen LogP contribution in [0.4, 0.5) is 0 Å². The van der Waals surface area contributed by atoms with E-state index >= 15 is 0 Å². The molecule has 0 bridgehead atoms. The largest absolute Gasteiger partial charge is 0.508 e. The van der Waals surface area contributed by atoms with Gasteiger partial charge >= 0.3 is 5.97 Å². The fourth-order valence-electron chi connectivity index (χ4n) is 5.17. The number of amides is 4. The highest BCUT2D eigenvalue weighted by atomic mass is 16.4. The summed E-state index contributed by atoms with van der Waals surface area (Å²) in [5, 5.41) is 27.6. The zero-order valence-electron chi connectivity index (χ0n) is 26.2. The molecule has 1 aliphatic rings. The van der Waals surface area contributed by atoms with Crippen LogP contribution in [0.15, 0.2) is 36.8 Å². The highest BCUT2D eigenvalue weighted by molar-refractivity contribution is 5.96. The summed E-state index contributed by atoms with van der Waals surface area (Å²) >= 11 is 0. The number of H-pyrrole nitrogens is 1. The summed E-state index contributed by atoms with van der Waals surface area (Å²) in [7, 11) is 0. The van der Waals surface area contributed by atoms with E-state index in [1.807, 2.05) is 6.92 Å². The van der Waals surface area contributed by atoms with Gasteiger partial charge in [0.15, 0.2) is 0 Å². The standard InChI is InChI=1S/C31H45N7O7/c1-5-18(4)26(37-27(40)22(35-28(41)25(32)17(2)3)13-19-8-10-21(39)11-9-19)29(42)36-23(14-20-15-33-16-34-20)30(43)38-12-6-7-24(38)31(44)45/h8-11,15-18,22-26,39H,5-7,12-14,32H2,1-4H3,(H,33,34)(H,35,41)(H,36,42)(H,37,40)(H,44,45)/t18-,22-,23-,24-,25-,26-/m0/s1. The van der Waals surface area contributed by atoms with Crippen LogP contribution in [0, 0.1) is 11.8 Å². The van der Waals surface area contributed by atoms with Crippen LogP contribution in [0.5, 0.6) is 5.75 Å². The molecule has 1 aliphatic heterocycles. The van der Waals surface area contributed by atoms with Gasteiger partial charge in [0.2, 0.25) is 23.6 Å². The maximum absolute atomic E-state index is 13.8. The molecule has 4 amide bonds. The number of rotatable bonds is 15. The molecule has 246 valence electrons. The number of carboxylic acids is 1. The molecule has 3 rings (SSSR count). The van der Waals surface area contributed by atoms with Gasteiger partial charge in [-0.1, -0.05) is 46.2 Å². The fourth-order valence-corrected chi connectivity index (χ4v) is 5.17. The Kier molecular flexibility index (Phi) is 12.5. The van der Waals surface area contributed by atoms with Crippen molar-refractivity contribution in [3.8, 4) is 5.75 Å². The number of benzene rings is 1. The first-order chi connectivity index (χ1) is 21.3. The number of carbonyl (C=O) groups is 5. The topological polar surface area (TPSA) is 220 Å². The highest BCUT2D eigenvalue weighted by Gasteiger charge is 2.39. The second kappa shape index (κ2) is 16.0. The van der Waals surface area contributed by atoms with Gasteiger partial charge in [-0.2, -0.15) is 0 Å². The van der Waals surface area contributed by atoms with Crippen LogP contribution < -0.4 is 21.7 Å². The third-order valence-electron chi connectivity index (χ3n) is 8.24. The molecule has 1 saturated heterocycles. The van der Waals surface area contributed by atoms with Gasteiger partial charge in [-0.15, -0.1) is 0 Å². The van der Waals surface area contributed by atoms with Gasteiger partial charge in [-0.3, -0.25) is 19.2 Å². The molecule has 0 aliphatic carbocycles. The Bertz CT molecular complexity index is 1320. The number of carboxylic acid groups (broad SMARTS) is 1. The summed E-state index contributed by atoms with van der Waals surface area (Å²) < 4.78 is 0. The maximum atomic E-state index is 13.8. The van der Waals surface area contributed by atoms with E-state index in [4.69, 9.17) is 5.73 Å². The molecule has 0 saturated carbocycles. The van der Waals surface area contributed by atoms with Crippen LogP contribution in [-0.2, 0) is 36.8 Å². The number of aromatic hydroxyl groups is 1. The number of imidazole rings is 1. The number of nitrogens with two attached hydrogens (primary N) is 1. The summed E-state index contributed by atoms with van der Waals surface area (Å²) in [4.78, 5) is 74.0. The number of aliphatic carboxylic acids is 1. The zero-order valence-corrected chi connectivity index (χ0v) is 26.2. The second-order valence-electron chi connectivity index (χ2n) is 11.9. The van der Waals surface area contributed by atoms with Crippen molar-refractivity contribution in [3.63, 3.8) is 0 Å². The third kappa shape index (κ3) is 9.51. The fraction of sp³-hybridized carbons (Fsp3) is 0.548. The van der Waals surface area contributed by atoms with Crippen molar-refractivity contribution in [3.05, 3.63) is 48.0 Å². The predicted octanol–water partition coefficient (Wildman–Crippen LogP) is 0.460. The van der Waals surface area contributed by atoms with Crippen molar-refractivity contribution in [1.29, 1.82) is 0 Å². The van der Waals surface area contributed by atoms with Crippen molar-refractivity contribution < 1.29 is 34.2 Å². The van der Waals surface area contributed by atoms with E-state index < -0.39 is 59.8 Å². The van der Waals surface area contributed by atoms with Crippen LogP contribution in [0.1, 0.15) is 58.2 Å². The Morgan fingerprint density at radius 1 is 1.00 bits per heavy atom. The van der Waals surface area contributed by atoms with Crippen LogP contribution in [0.2, 0.25) is 0 Å². The first-order valence-corrected chi connectivity index (χ1v) is 15.3. The normalized spacial score (nSPS) is 18.0. The number of nitrogens with zero attached hydrogens (tertiary/aromatic N) is 2.